The van der Waals surface area contributed by atoms with Crippen LogP contribution in [-0.4, -0.2) is 5.91 Å². The minimum atomic E-state index is -0.140. The lowest BCUT2D eigenvalue weighted by Crippen LogP contribution is -2.31. The number of anilines is 1. The summed E-state index contributed by atoms with van der Waals surface area (Å²) in [7, 11) is 0. The molecule has 2 aromatic rings. The van der Waals surface area contributed by atoms with E-state index in [9.17, 15) is 4.79 Å². The Kier molecular flexibility index (Phi) is 4.68. The fourth-order valence-electron chi connectivity index (χ4n) is 1.93. The van der Waals surface area contributed by atoms with Crippen LogP contribution in [-0.2, 0) is 0 Å². The summed E-state index contributed by atoms with van der Waals surface area (Å²) in [5.74, 6) is 0.167. The van der Waals surface area contributed by atoms with Crippen LogP contribution in [0, 0.1) is 5.92 Å². The van der Waals surface area contributed by atoms with Gasteiger partial charge in [0, 0.05) is 10.4 Å². The maximum absolute atomic E-state index is 12.3. The molecule has 3 N–H and O–H groups in total. The highest BCUT2D eigenvalue weighted by Gasteiger charge is 2.20. The van der Waals surface area contributed by atoms with Gasteiger partial charge in [-0.1, -0.05) is 31.5 Å². The van der Waals surface area contributed by atoms with Crippen molar-refractivity contribution in [1.82, 2.24) is 5.32 Å². The summed E-state index contributed by atoms with van der Waals surface area (Å²) in [5, 5.41) is 5.46. The quantitative estimate of drug-likeness (QED) is 0.835. The molecule has 1 aromatic carbocycles. The molecule has 0 spiro atoms. The molecule has 0 aliphatic carbocycles. The third-order valence-electron chi connectivity index (χ3n) is 3.07. The van der Waals surface area contributed by atoms with E-state index in [4.69, 9.17) is 17.3 Å². The highest BCUT2D eigenvalue weighted by molar-refractivity contribution is 7.10. The molecule has 20 heavy (non-hydrogen) atoms. The average molecular weight is 309 g/mol. The lowest BCUT2D eigenvalue weighted by molar-refractivity contribution is 0.0926. The molecule has 0 saturated heterocycles. The first-order valence-electron chi connectivity index (χ1n) is 6.38. The molecule has 0 radical (unpaired) electrons. The second kappa shape index (κ2) is 6.29. The van der Waals surface area contributed by atoms with Crippen molar-refractivity contribution in [3.8, 4) is 0 Å². The van der Waals surface area contributed by atoms with Gasteiger partial charge in [-0.15, -0.1) is 11.3 Å². The minimum absolute atomic E-state index is 0.00108. The van der Waals surface area contributed by atoms with Gasteiger partial charge in [-0.25, -0.2) is 0 Å². The molecular weight excluding hydrogens is 292 g/mol. The maximum Gasteiger partial charge on any atom is 0.251 e. The average Bonchev–Trinajstić information content (AvgIpc) is 2.92. The topological polar surface area (TPSA) is 55.1 Å². The van der Waals surface area contributed by atoms with Crippen molar-refractivity contribution in [1.29, 1.82) is 0 Å². The van der Waals surface area contributed by atoms with Crippen molar-refractivity contribution >= 4 is 34.5 Å². The molecule has 0 fully saturated rings. The molecule has 0 aliphatic heterocycles. The summed E-state index contributed by atoms with van der Waals surface area (Å²) in [5.41, 5.74) is 6.65. The van der Waals surface area contributed by atoms with Crippen LogP contribution in [0.4, 0.5) is 5.69 Å². The monoisotopic (exact) mass is 308 g/mol. The van der Waals surface area contributed by atoms with E-state index in [1.165, 1.54) is 0 Å². The number of hydrogen-bond acceptors (Lipinski definition) is 3. The molecule has 1 heterocycles. The summed E-state index contributed by atoms with van der Waals surface area (Å²) >= 11 is 7.59. The molecule has 0 bridgehead atoms. The van der Waals surface area contributed by atoms with E-state index in [0.717, 1.165) is 4.88 Å². The van der Waals surface area contributed by atoms with E-state index in [1.807, 2.05) is 17.5 Å². The summed E-state index contributed by atoms with van der Waals surface area (Å²) in [4.78, 5) is 13.5. The van der Waals surface area contributed by atoms with Gasteiger partial charge in [0.15, 0.2) is 0 Å². The smallest absolute Gasteiger partial charge is 0.251 e. The third-order valence-corrected chi connectivity index (χ3v) is 4.35. The SMILES string of the molecule is CC(C)C(NC(=O)c1ccc(N)c(Cl)c1)c1cccs1. The highest BCUT2D eigenvalue weighted by Crippen LogP contribution is 2.26. The first kappa shape index (κ1) is 14.9. The Morgan fingerprint density at radius 1 is 1.35 bits per heavy atom. The van der Waals surface area contributed by atoms with E-state index in [1.54, 1.807) is 29.5 Å². The molecule has 1 amide bonds. The lowest BCUT2D eigenvalue weighted by atomic mass is 10.0. The Morgan fingerprint density at radius 3 is 2.65 bits per heavy atom. The Hall–Kier alpha value is -1.52. The summed E-state index contributed by atoms with van der Waals surface area (Å²) in [6.07, 6.45) is 0. The molecule has 106 valence electrons. The molecule has 1 aromatic heterocycles. The highest BCUT2D eigenvalue weighted by atomic mass is 35.5. The number of nitrogens with one attached hydrogen (secondary N) is 1. The van der Waals surface area contributed by atoms with Crippen molar-refractivity contribution in [2.24, 2.45) is 5.92 Å². The molecule has 1 unspecified atom stereocenters. The lowest BCUT2D eigenvalue weighted by Gasteiger charge is -2.21. The van der Waals surface area contributed by atoms with E-state index < -0.39 is 0 Å². The predicted molar refractivity (Wildman–Crippen MR) is 85.2 cm³/mol. The fourth-order valence-corrected chi connectivity index (χ4v) is 3.06. The van der Waals surface area contributed by atoms with Crippen molar-refractivity contribution in [3.05, 3.63) is 51.2 Å². The number of benzene rings is 1. The molecule has 0 saturated carbocycles. The van der Waals surface area contributed by atoms with Gasteiger partial charge < -0.3 is 11.1 Å². The number of carbonyl (C=O) groups is 1. The number of carbonyl (C=O) groups excluding carboxylic acids is 1. The number of thiophene rings is 1. The van der Waals surface area contributed by atoms with E-state index in [2.05, 4.69) is 19.2 Å². The summed E-state index contributed by atoms with van der Waals surface area (Å²) in [6, 6.07) is 8.94. The maximum atomic E-state index is 12.3. The van der Waals surface area contributed by atoms with Gasteiger partial charge in [-0.3, -0.25) is 4.79 Å². The molecule has 3 nitrogen and oxygen atoms in total. The zero-order valence-corrected chi connectivity index (χ0v) is 13.0. The Bertz CT molecular complexity index is 596. The molecular formula is C15H17ClN2OS. The zero-order valence-electron chi connectivity index (χ0n) is 11.4. The Balaban J connectivity index is 2.18. The van der Waals surface area contributed by atoms with Crippen LogP contribution in [0.2, 0.25) is 5.02 Å². The van der Waals surface area contributed by atoms with Crippen LogP contribution < -0.4 is 11.1 Å². The van der Waals surface area contributed by atoms with Crippen molar-refractivity contribution in [3.63, 3.8) is 0 Å². The number of amides is 1. The number of hydrogen-bond donors (Lipinski definition) is 2. The zero-order chi connectivity index (χ0) is 14.7. The Morgan fingerprint density at radius 2 is 2.10 bits per heavy atom. The number of nitrogens with two attached hydrogens (primary N) is 1. The molecule has 1 atom stereocenters. The van der Waals surface area contributed by atoms with Gasteiger partial charge >= 0.3 is 0 Å². The van der Waals surface area contributed by atoms with Gasteiger partial charge in [0.1, 0.15) is 0 Å². The van der Waals surface area contributed by atoms with Crippen molar-refractivity contribution < 1.29 is 4.79 Å². The number of rotatable bonds is 4. The van der Waals surface area contributed by atoms with Crippen LogP contribution in [0.3, 0.4) is 0 Å². The van der Waals surface area contributed by atoms with Crippen LogP contribution in [0.1, 0.15) is 35.1 Å². The Labute approximate surface area is 127 Å². The van der Waals surface area contributed by atoms with E-state index in [0.29, 0.717) is 22.2 Å². The van der Waals surface area contributed by atoms with Crippen molar-refractivity contribution in [2.45, 2.75) is 19.9 Å². The number of nitrogen functional groups attached to an aromatic ring is 1. The largest absolute Gasteiger partial charge is 0.398 e. The normalized spacial score (nSPS) is 12.4. The van der Waals surface area contributed by atoms with Crippen LogP contribution in [0.25, 0.3) is 0 Å². The van der Waals surface area contributed by atoms with Crippen LogP contribution >= 0.6 is 22.9 Å². The summed E-state index contributed by atoms with van der Waals surface area (Å²) in [6.45, 7) is 4.17. The second-order valence-electron chi connectivity index (χ2n) is 4.95. The molecule has 5 heteroatoms. The van der Waals surface area contributed by atoms with Crippen LogP contribution in [0.15, 0.2) is 35.7 Å². The molecule has 2 rings (SSSR count). The number of halogens is 1. The van der Waals surface area contributed by atoms with E-state index >= 15 is 0 Å². The van der Waals surface area contributed by atoms with E-state index in [-0.39, 0.29) is 11.9 Å². The van der Waals surface area contributed by atoms with Crippen molar-refractivity contribution in [2.75, 3.05) is 5.73 Å². The van der Waals surface area contributed by atoms with Gasteiger partial charge in [0.05, 0.1) is 16.8 Å². The summed E-state index contributed by atoms with van der Waals surface area (Å²) < 4.78 is 0. The first-order valence-corrected chi connectivity index (χ1v) is 7.64. The van der Waals surface area contributed by atoms with Gasteiger partial charge in [-0.2, -0.15) is 0 Å². The first-order chi connectivity index (χ1) is 9.49. The predicted octanol–water partition coefficient (Wildman–Crippen LogP) is 4.11. The van der Waals surface area contributed by atoms with Gasteiger partial charge in [0.2, 0.25) is 0 Å². The standard InChI is InChI=1S/C15H17ClN2OS/c1-9(2)14(13-4-3-7-20-13)18-15(19)10-5-6-12(17)11(16)8-10/h3-9,14H,17H2,1-2H3,(H,18,19). The molecule has 0 aliphatic rings. The third kappa shape index (κ3) is 3.32. The second-order valence-corrected chi connectivity index (χ2v) is 6.33. The van der Waals surface area contributed by atoms with Gasteiger partial charge in [-0.05, 0) is 35.6 Å². The minimum Gasteiger partial charge on any atom is -0.398 e. The van der Waals surface area contributed by atoms with Crippen LogP contribution in [0.5, 0.6) is 0 Å². The fraction of sp³-hybridized carbons (Fsp3) is 0.267. The van der Waals surface area contributed by atoms with Gasteiger partial charge in [0.25, 0.3) is 5.91 Å².